The van der Waals surface area contributed by atoms with Crippen molar-refractivity contribution < 1.29 is 0 Å². The maximum absolute atomic E-state index is 2.40. The molecule has 26 heavy (non-hydrogen) atoms. The van der Waals surface area contributed by atoms with Gasteiger partial charge in [-0.2, -0.15) is 0 Å². The molecule has 1 atom stereocenters. The van der Waals surface area contributed by atoms with E-state index in [-0.39, 0.29) is 0 Å². The van der Waals surface area contributed by atoms with E-state index in [1.54, 1.807) is 0 Å². The maximum atomic E-state index is 2.40. The Morgan fingerprint density at radius 3 is 2.62 bits per heavy atom. The summed E-state index contributed by atoms with van der Waals surface area (Å²) >= 11 is 0. The molecule has 0 amide bonds. The lowest BCUT2D eigenvalue weighted by Crippen LogP contribution is -2.01. The van der Waals surface area contributed by atoms with Crippen LogP contribution in [0.4, 0.5) is 0 Å². The minimum atomic E-state index is 0.312. The van der Waals surface area contributed by atoms with Gasteiger partial charge in [0.2, 0.25) is 0 Å². The van der Waals surface area contributed by atoms with E-state index in [1.165, 1.54) is 49.7 Å². The van der Waals surface area contributed by atoms with Crippen LogP contribution in [0, 0.1) is 0 Å². The molecule has 4 aromatic rings. The van der Waals surface area contributed by atoms with Gasteiger partial charge in [-0.15, -0.1) is 0 Å². The van der Waals surface area contributed by atoms with Gasteiger partial charge in [-0.25, -0.2) is 0 Å². The molecule has 6 rings (SSSR count). The number of benzene rings is 4. The normalized spacial score (nSPS) is 16.5. The van der Waals surface area contributed by atoms with Crippen molar-refractivity contribution in [2.24, 2.45) is 0 Å². The molecule has 0 nitrogen and oxygen atoms in total. The Bertz CT molecular complexity index is 1210. The van der Waals surface area contributed by atoms with Crippen LogP contribution in [0.15, 0.2) is 84.9 Å². The van der Waals surface area contributed by atoms with Crippen LogP contribution in [0.2, 0.25) is 0 Å². The molecule has 0 bridgehead atoms. The topological polar surface area (TPSA) is 0 Å². The Labute approximate surface area is 153 Å². The molecule has 2 aliphatic rings. The molecule has 0 aromatic heterocycles. The minimum Gasteiger partial charge on any atom is -0.0795 e. The van der Waals surface area contributed by atoms with E-state index in [1.807, 2.05) is 0 Å². The van der Waals surface area contributed by atoms with Gasteiger partial charge < -0.3 is 0 Å². The quantitative estimate of drug-likeness (QED) is 0.326. The van der Waals surface area contributed by atoms with Gasteiger partial charge in [-0.3, -0.25) is 0 Å². The molecule has 0 saturated carbocycles. The van der Waals surface area contributed by atoms with E-state index in [0.717, 1.165) is 6.42 Å². The third-order valence-corrected chi connectivity index (χ3v) is 5.96. The van der Waals surface area contributed by atoms with Gasteiger partial charge in [0.25, 0.3) is 0 Å². The Kier molecular flexibility index (Phi) is 2.81. The van der Waals surface area contributed by atoms with Crippen LogP contribution >= 0.6 is 0 Å². The van der Waals surface area contributed by atoms with Gasteiger partial charge in [-0.05, 0) is 56.1 Å². The molecule has 4 aromatic carbocycles. The summed E-state index contributed by atoms with van der Waals surface area (Å²) in [4.78, 5) is 0. The largest absolute Gasteiger partial charge is 0.0795 e. The highest BCUT2D eigenvalue weighted by Gasteiger charge is 2.31. The first-order valence-corrected chi connectivity index (χ1v) is 9.30. The summed E-state index contributed by atoms with van der Waals surface area (Å²) in [5.41, 5.74) is 9.89. The first kappa shape index (κ1) is 14.1. The summed E-state index contributed by atoms with van der Waals surface area (Å²) in [5, 5.41) is 2.70. The second kappa shape index (κ2) is 5.19. The second-order valence-electron chi connectivity index (χ2n) is 7.33. The molecule has 0 fully saturated rings. The van der Waals surface area contributed by atoms with Gasteiger partial charge >= 0.3 is 0 Å². The molecule has 0 heteroatoms. The highest BCUT2D eigenvalue weighted by Crippen LogP contribution is 2.50. The monoisotopic (exact) mass is 330 g/mol. The zero-order valence-corrected chi connectivity index (χ0v) is 14.4. The van der Waals surface area contributed by atoms with Crippen molar-refractivity contribution in [3.05, 3.63) is 113 Å². The number of rotatable bonds is 1. The molecular formula is C26H18. The molecule has 122 valence electrons. The van der Waals surface area contributed by atoms with Crippen molar-refractivity contribution in [1.29, 1.82) is 0 Å². The zero-order chi connectivity index (χ0) is 17.1. The van der Waals surface area contributed by atoms with E-state index in [4.69, 9.17) is 0 Å². The standard InChI is InChI=1S/C26H18/c1-2-9-21-18(6-1)14-15-24-22-10-3-4-11-23(22)25(26(21)24)20-13-12-17-7-5-8-19(17)16-20/h1-6,8-16,25H,7H2. The smallest absolute Gasteiger partial charge is 0.0358 e. The fourth-order valence-corrected chi connectivity index (χ4v) is 4.78. The number of allylic oxidation sites excluding steroid dienone is 1. The van der Waals surface area contributed by atoms with Crippen LogP contribution in [0.1, 0.15) is 33.7 Å². The van der Waals surface area contributed by atoms with E-state index in [9.17, 15) is 0 Å². The molecule has 0 heterocycles. The average molecular weight is 330 g/mol. The molecular weight excluding hydrogens is 312 g/mol. The molecule has 0 radical (unpaired) electrons. The number of hydrogen-bond donors (Lipinski definition) is 0. The SMILES string of the molecule is C1=Cc2cc(C3c4ccccc4-c4ccc5ccccc5c43)ccc2C1. The third kappa shape index (κ3) is 1.84. The minimum absolute atomic E-state index is 0.312. The predicted octanol–water partition coefficient (Wildman–Crippen LogP) is 6.57. The van der Waals surface area contributed by atoms with Crippen molar-refractivity contribution in [2.45, 2.75) is 12.3 Å². The zero-order valence-electron chi connectivity index (χ0n) is 14.4. The van der Waals surface area contributed by atoms with Gasteiger partial charge in [-0.1, -0.05) is 91.0 Å². The Morgan fingerprint density at radius 2 is 1.62 bits per heavy atom. The summed E-state index contributed by atoms with van der Waals surface area (Å²) in [6, 6.07) is 29.3. The summed E-state index contributed by atoms with van der Waals surface area (Å²) in [5.74, 6) is 0.312. The van der Waals surface area contributed by atoms with Crippen molar-refractivity contribution in [2.75, 3.05) is 0 Å². The van der Waals surface area contributed by atoms with E-state index in [2.05, 4.69) is 91.0 Å². The lowest BCUT2D eigenvalue weighted by molar-refractivity contribution is 1.02. The Morgan fingerprint density at radius 1 is 0.731 bits per heavy atom. The summed E-state index contributed by atoms with van der Waals surface area (Å²) < 4.78 is 0. The second-order valence-corrected chi connectivity index (χ2v) is 7.33. The van der Waals surface area contributed by atoms with Gasteiger partial charge in [0, 0.05) is 5.92 Å². The summed E-state index contributed by atoms with van der Waals surface area (Å²) in [7, 11) is 0. The Balaban J connectivity index is 1.69. The summed E-state index contributed by atoms with van der Waals surface area (Å²) in [6.07, 6.45) is 5.60. The van der Waals surface area contributed by atoms with Gasteiger partial charge in [0.05, 0.1) is 0 Å². The molecule has 0 saturated heterocycles. The maximum Gasteiger partial charge on any atom is 0.0358 e. The lowest BCUT2D eigenvalue weighted by atomic mass is 9.85. The molecule has 0 aliphatic heterocycles. The number of hydrogen-bond acceptors (Lipinski definition) is 0. The first-order chi connectivity index (χ1) is 12.9. The highest BCUT2D eigenvalue weighted by atomic mass is 14.3. The van der Waals surface area contributed by atoms with Gasteiger partial charge in [0.1, 0.15) is 0 Å². The Hall–Kier alpha value is -3.12. The van der Waals surface area contributed by atoms with Crippen LogP contribution in [-0.2, 0) is 6.42 Å². The molecule has 1 unspecified atom stereocenters. The van der Waals surface area contributed by atoms with Crippen molar-refractivity contribution >= 4 is 16.8 Å². The molecule has 0 spiro atoms. The lowest BCUT2D eigenvalue weighted by Gasteiger charge is -2.17. The first-order valence-electron chi connectivity index (χ1n) is 9.30. The average Bonchev–Trinajstić information content (AvgIpc) is 3.29. The van der Waals surface area contributed by atoms with Gasteiger partial charge in [0.15, 0.2) is 0 Å². The van der Waals surface area contributed by atoms with Crippen molar-refractivity contribution in [1.82, 2.24) is 0 Å². The highest BCUT2D eigenvalue weighted by molar-refractivity contribution is 5.97. The third-order valence-electron chi connectivity index (χ3n) is 5.96. The fourth-order valence-electron chi connectivity index (χ4n) is 4.78. The van der Waals surface area contributed by atoms with E-state index in [0.29, 0.717) is 5.92 Å². The predicted molar refractivity (Wildman–Crippen MR) is 110 cm³/mol. The van der Waals surface area contributed by atoms with Crippen molar-refractivity contribution in [3.63, 3.8) is 0 Å². The summed E-state index contributed by atoms with van der Waals surface area (Å²) in [6.45, 7) is 0. The van der Waals surface area contributed by atoms with Crippen LogP contribution < -0.4 is 0 Å². The van der Waals surface area contributed by atoms with Crippen LogP contribution in [0.3, 0.4) is 0 Å². The van der Waals surface area contributed by atoms with Crippen molar-refractivity contribution in [3.8, 4) is 11.1 Å². The molecule has 0 N–H and O–H groups in total. The van der Waals surface area contributed by atoms with E-state index < -0.39 is 0 Å². The fraction of sp³-hybridized carbons (Fsp3) is 0.0769. The number of fused-ring (bicyclic) bond motifs is 6. The van der Waals surface area contributed by atoms with E-state index >= 15 is 0 Å². The molecule has 2 aliphatic carbocycles. The van der Waals surface area contributed by atoms with Crippen LogP contribution in [0.5, 0.6) is 0 Å². The van der Waals surface area contributed by atoms with Crippen LogP contribution in [0.25, 0.3) is 28.0 Å². The van der Waals surface area contributed by atoms with Crippen LogP contribution in [-0.4, -0.2) is 0 Å².